The van der Waals surface area contributed by atoms with E-state index in [4.69, 9.17) is 28.7 Å². The minimum Gasteiger partial charge on any atom is -0.508 e. The van der Waals surface area contributed by atoms with E-state index in [0.717, 1.165) is 6.07 Å². The Labute approximate surface area is 236 Å². The van der Waals surface area contributed by atoms with Crippen LogP contribution < -0.4 is 9.62 Å². The molecule has 0 unspecified atom stereocenters. The molecule has 0 amide bonds. The summed E-state index contributed by atoms with van der Waals surface area (Å²) in [6.07, 6.45) is -14.1. The Hall–Kier alpha value is -3.58. The number of phenolic OH excluding ortho intramolecular Hbond substituents is 2. The first-order chi connectivity index (χ1) is 19.9. The van der Waals surface area contributed by atoms with Crippen LogP contribution in [0.25, 0.3) is 0 Å². The molecule has 0 spiro atoms. The first-order valence-electron chi connectivity index (χ1n) is 12.6. The number of fused-ring (bicyclic) bond motifs is 1. The number of hydrogen-bond acceptors (Lipinski definition) is 15. The van der Waals surface area contributed by atoms with Crippen molar-refractivity contribution in [2.75, 3.05) is 13.2 Å². The van der Waals surface area contributed by atoms with E-state index in [9.17, 15) is 50.4 Å². The second kappa shape index (κ2) is 11.6. The van der Waals surface area contributed by atoms with E-state index in [1.165, 1.54) is 18.2 Å². The highest BCUT2D eigenvalue weighted by Gasteiger charge is 2.55. The van der Waals surface area contributed by atoms with Crippen LogP contribution in [-0.4, -0.2) is 115 Å². The molecule has 2 aromatic carbocycles. The molecule has 2 fully saturated rings. The number of carbonyl (C=O) groups is 2. The van der Waals surface area contributed by atoms with Gasteiger partial charge >= 0.3 is 5.97 Å². The van der Waals surface area contributed by atoms with Crippen LogP contribution in [0.15, 0.2) is 36.4 Å². The number of phenols is 2. The highest BCUT2D eigenvalue weighted by atomic mass is 17.2. The highest BCUT2D eigenvalue weighted by molar-refractivity contribution is 6.02. The molecule has 3 aliphatic heterocycles. The van der Waals surface area contributed by atoms with E-state index in [1.807, 2.05) is 0 Å². The van der Waals surface area contributed by atoms with Crippen LogP contribution in [-0.2, 0) is 23.9 Å². The Balaban J connectivity index is 1.28. The van der Waals surface area contributed by atoms with Gasteiger partial charge in [-0.3, -0.25) is 4.79 Å². The molecule has 16 heteroatoms. The van der Waals surface area contributed by atoms with Crippen LogP contribution in [0, 0.1) is 0 Å². The average Bonchev–Trinajstić information content (AvgIpc) is 3.24. The number of aliphatic hydroxyl groups excluding tert-OH is 4. The summed E-state index contributed by atoms with van der Waals surface area (Å²) >= 11 is 0. The fourth-order valence-electron chi connectivity index (χ4n) is 4.77. The molecule has 8 N–H and O–H groups in total. The molecule has 2 aromatic rings. The number of benzene rings is 2. The van der Waals surface area contributed by atoms with Gasteiger partial charge in [-0.1, -0.05) is 12.1 Å². The smallest absolute Gasteiger partial charge is 0.335 e. The van der Waals surface area contributed by atoms with Crippen molar-refractivity contribution in [1.29, 1.82) is 0 Å². The number of carboxylic acids is 1. The molecule has 5 rings (SSSR count). The predicted molar refractivity (Wildman–Crippen MR) is 131 cm³/mol. The van der Waals surface area contributed by atoms with E-state index in [2.05, 4.69) is 0 Å². The number of aliphatic carboxylic acids is 1. The van der Waals surface area contributed by atoms with Gasteiger partial charge in [0.15, 0.2) is 23.9 Å². The molecule has 0 radical (unpaired) electrons. The van der Waals surface area contributed by atoms with E-state index in [0.29, 0.717) is 5.56 Å². The fourth-order valence-corrected chi connectivity index (χ4v) is 4.77. The number of carbonyl (C=O) groups excluding carboxylic acids is 1. The summed E-state index contributed by atoms with van der Waals surface area (Å²) in [5, 5.41) is 80.4. The summed E-state index contributed by atoms with van der Waals surface area (Å²) in [4.78, 5) is 34.8. The number of aromatic hydroxyl groups is 2. The monoisotopic (exact) mass is 596 g/mol. The first-order valence-corrected chi connectivity index (χ1v) is 12.6. The Morgan fingerprint density at radius 1 is 1.05 bits per heavy atom. The lowest BCUT2D eigenvalue weighted by molar-refractivity contribution is -0.390. The third-order valence-corrected chi connectivity index (χ3v) is 7.14. The van der Waals surface area contributed by atoms with Crippen LogP contribution in [0.3, 0.4) is 0 Å². The minimum atomic E-state index is -2.10. The van der Waals surface area contributed by atoms with Crippen molar-refractivity contribution in [2.45, 2.75) is 61.2 Å². The lowest BCUT2D eigenvalue weighted by atomic mass is 9.95. The van der Waals surface area contributed by atoms with Gasteiger partial charge < -0.3 is 64.7 Å². The predicted octanol–water partition coefficient (Wildman–Crippen LogP) is -1.53. The third kappa shape index (κ3) is 5.59. The fraction of sp³-hybridized carbons (Fsp3) is 0.462. The van der Waals surface area contributed by atoms with Crippen molar-refractivity contribution in [3.63, 3.8) is 0 Å². The van der Waals surface area contributed by atoms with Crippen molar-refractivity contribution in [3.8, 4) is 23.0 Å². The lowest BCUT2D eigenvalue weighted by Gasteiger charge is -2.40. The first kappa shape index (κ1) is 29.9. The maximum absolute atomic E-state index is 12.7. The second-order valence-electron chi connectivity index (χ2n) is 10.1. The van der Waals surface area contributed by atoms with Crippen LogP contribution in [0.4, 0.5) is 0 Å². The van der Waals surface area contributed by atoms with Gasteiger partial charge in [0, 0.05) is 12.1 Å². The number of aliphatic hydroxyl groups is 5. The van der Waals surface area contributed by atoms with Crippen molar-refractivity contribution in [1.82, 2.24) is 0 Å². The quantitative estimate of drug-likeness (QED) is 0.127. The molecular weight excluding hydrogens is 568 g/mol. The number of rotatable bonds is 8. The zero-order chi connectivity index (χ0) is 30.3. The summed E-state index contributed by atoms with van der Waals surface area (Å²) in [6, 6.07) is 8.19. The number of Topliss-reactive ketones (excluding diaryl/α,β-unsaturated/α-hetero) is 1. The Bertz CT molecular complexity index is 1320. The highest BCUT2D eigenvalue weighted by Crippen LogP contribution is 2.42. The maximum Gasteiger partial charge on any atom is 0.335 e. The molecule has 0 aliphatic carbocycles. The standard InChI is InChI=1S/C26H28O16/c27-8-26(36)9-37-25(22(26)33)39-20-18(31)19(32)24(40-21(20)23(34)35)42-41-12-5-13(29)17-14(30)7-15(38-16(17)6-12)10-1-3-11(28)4-2-10/h1-6,15,18-22,24-25,27-29,31-33,36H,7-9H2,(H,34,35)/t15-,18+,19+,20-,21-,22-,24-,25-,26+/m0/s1. The van der Waals surface area contributed by atoms with Gasteiger partial charge in [-0.25, -0.2) is 4.79 Å². The number of hydrogen-bond donors (Lipinski definition) is 8. The summed E-state index contributed by atoms with van der Waals surface area (Å²) in [6.45, 7) is -1.46. The normalized spacial score (nSPS) is 34.5. The van der Waals surface area contributed by atoms with E-state index >= 15 is 0 Å². The van der Waals surface area contributed by atoms with Crippen molar-refractivity contribution in [2.24, 2.45) is 0 Å². The molecule has 9 atom stereocenters. The molecule has 0 bridgehead atoms. The Morgan fingerprint density at radius 3 is 2.40 bits per heavy atom. The second-order valence-corrected chi connectivity index (χ2v) is 10.1. The van der Waals surface area contributed by atoms with Gasteiger partial charge in [0.2, 0.25) is 6.29 Å². The van der Waals surface area contributed by atoms with Crippen LogP contribution in [0.1, 0.15) is 28.4 Å². The van der Waals surface area contributed by atoms with Gasteiger partial charge in [-0.2, -0.15) is 4.89 Å². The third-order valence-electron chi connectivity index (χ3n) is 7.14. The Kier molecular flexibility index (Phi) is 8.26. The zero-order valence-electron chi connectivity index (χ0n) is 21.5. The zero-order valence-corrected chi connectivity index (χ0v) is 21.5. The summed E-state index contributed by atoms with van der Waals surface area (Å²) in [5.41, 5.74) is -1.63. The van der Waals surface area contributed by atoms with Gasteiger partial charge in [0.25, 0.3) is 0 Å². The van der Waals surface area contributed by atoms with E-state index in [1.54, 1.807) is 12.1 Å². The molecule has 16 nitrogen and oxygen atoms in total. The maximum atomic E-state index is 12.7. The number of ether oxygens (including phenoxy) is 4. The van der Waals surface area contributed by atoms with Crippen LogP contribution in [0.2, 0.25) is 0 Å². The summed E-state index contributed by atoms with van der Waals surface area (Å²) in [7, 11) is 0. The molecule has 3 aliphatic rings. The molecule has 0 saturated carbocycles. The summed E-state index contributed by atoms with van der Waals surface area (Å²) < 4.78 is 21.5. The number of ketones is 1. The molecule has 228 valence electrons. The molecule has 2 saturated heterocycles. The molecule has 0 aromatic heterocycles. The SMILES string of the molecule is O=C1C[C@@H](c2ccc(O)cc2)Oc2cc(OO[C@@H]3O[C@H](C(=O)O)[C@@H](O[C@@H]4OC[C@](O)(CO)[C@H]4O)[C@H](O)[C@H]3O)cc(O)c21. The van der Waals surface area contributed by atoms with Crippen molar-refractivity contribution >= 4 is 11.8 Å². The van der Waals surface area contributed by atoms with Gasteiger partial charge in [-0.15, -0.1) is 0 Å². The van der Waals surface area contributed by atoms with Crippen molar-refractivity contribution < 1.29 is 79.2 Å². The lowest BCUT2D eigenvalue weighted by Crippen LogP contribution is -2.62. The summed E-state index contributed by atoms with van der Waals surface area (Å²) in [5.74, 6) is -2.90. The largest absolute Gasteiger partial charge is 0.508 e. The molecular formula is C26H28O16. The van der Waals surface area contributed by atoms with E-state index in [-0.39, 0.29) is 29.2 Å². The Morgan fingerprint density at radius 2 is 1.76 bits per heavy atom. The average molecular weight is 596 g/mol. The van der Waals surface area contributed by atoms with Gasteiger partial charge in [0.05, 0.1) is 19.6 Å². The van der Waals surface area contributed by atoms with Crippen molar-refractivity contribution in [3.05, 3.63) is 47.5 Å². The van der Waals surface area contributed by atoms with Gasteiger partial charge in [-0.05, 0) is 17.7 Å². The topological polar surface area (TPSA) is 251 Å². The molecule has 3 heterocycles. The minimum absolute atomic E-state index is 0.0189. The molecule has 42 heavy (non-hydrogen) atoms. The number of carboxylic acid groups (broad SMARTS) is 1. The van der Waals surface area contributed by atoms with E-state index < -0.39 is 85.5 Å². The van der Waals surface area contributed by atoms with Crippen LogP contribution >= 0.6 is 0 Å². The van der Waals surface area contributed by atoms with Gasteiger partial charge in [0.1, 0.15) is 58.9 Å². The van der Waals surface area contributed by atoms with Crippen LogP contribution in [0.5, 0.6) is 23.0 Å².